The highest BCUT2D eigenvalue weighted by Gasteiger charge is 2.19. The Labute approximate surface area is 145 Å². The highest BCUT2D eigenvalue weighted by atomic mass is 35.5. The molecule has 110 valence electrons. The third-order valence-electron chi connectivity index (χ3n) is 2.70. The minimum absolute atomic E-state index is 0.00221. The fourth-order valence-electron chi connectivity index (χ4n) is 1.83. The lowest BCUT2D eigenvalue weighted by Crippen LogP contribution is -1.86. The van der Waals surface area contributed by atoms with Gasteiger partial charge in [-0.1, -0.05) is 52.5 Å². The van der Waals surface area contributed by atoms with E-state index in [2.05, 4.69) is 9.98 Å². The summed E-state index contributed by atoms with van der Waals surface area (Å²) in [5.41, 5.74) is 0.807. The van der Waals surface area contributed by atoms with Crippen molar-refractivity contribution in [2.24, 2.45) is 9.98 Å². The fraction of sp³-hybridized carbons (Fsp3) is 0. The maximum absolute atomic E-state index is 10.7. The zero-order valence-electron chi connectivity index (χ0n) is 10.5. The molecule has 0 heterocycles. The molecule has 2 rings (SSSR count). The first-order valence-electron chi connectivity index (χ1n) is 5.62. The molecule has 0 fully saturated rings. The van der Waals surface area contributed by atoms with Crippen LogP contribution in [0, 0.1) is 0 Å². The zero-order valence-corrected chi connectivity index (χ0v) is 13.6. The van der Waals surface area contributed by atoms with E-state index >= 15 is 0 Å². The second-order valence-corrected chi connectivity index (χ2v) is 5.57. The van der Waals surface area contributed by atoms with Crippen LogP contribution in [0.1, 0.15) is 0 Å². The Bertz CT molecular complexity index is 854. The van der Waals surface area contributed by atoms with Crippen LogP contribution in [-0.2, 0) is 9.59 Å². The number of rotatable bonds is 3. The van der Waals surface area contributed by atoms with Gasteiger partial charge in [-0.15, -0.1) is 0 Å². The topological polar surface area (TPSA) is 58.9 Å². The Morgan fingerprint density at radius 2 is 1.55 bits per heavy atom. The van der Waals surface area contributed by atoms with Crippen LogP contribution in [0.25, 0.3) is 11.1 Å². The number of carbonyl (C=O) groups excluding carboxylic acids is 2. The molecule has 0 bridgehead atoms. The van der Waals surface area contributed by atoms with Gasteiger partial charge in [0.25, 0.3) is 0 Å². The average Bonchev–Trinajstić information content (AvgIpc) is 2.46. The predicted octanol–water partition coefficient (Wildman–Crippen LogP) is 5.90. The highest BCUT2D eigenvalue weighted by molar-refractivity contribution is 6.41. The third kappa shape index (κ3) is 3.23. The second kappa shape index (κ2) is 7.08. The normalized spacial score (nSPS) is 9.82. The summed E-state index contributed by atoms with van der Waals surface area (Å²) in [5.74, 6) is 0. The van der Waals surface area contributed by atoms with E-state index in [0.29, 0.717) is 21.2 Å². The molecule has 0 aromatic heterocycles. The molecule has 0 atom stereocenters. The molecular weight excluding hydrogens is 370 g/mol. The lowest BCUT2D eigenvalue weighted by atomic mass is 10.0. The van der Waals surface area contributed by atoms with E-state index in [1.165, 1.54) is 24.3 Å². The van der Waals surface area contributed by atoms with Crippen LogP contribution in [0.2, 0.25) is 20.1 Å². The monoisotopic (exact) mass is 372 g/mol. The van der Waals surface area contributed by atoms with E-state index in [9.17, 15) is 9.59 Å². The van der Waals surface area contributed by atoms with Gasteiger partial charge in [0.2, 0.25) is 12.2 Å². The quantitative estimate of drug-likeness (QED) is 0.496. The minimum Gasteiger partial charge on any atom is -0.211 e. The molecular formula is C14H4Cl4N2O2. The van der Waals surface area contributed by atoms with E-state index in [-0.39, 0.29) is 21.4 Å². The van der Waals surface area contributed by atoms with Crippen molar-refractivity contribution in [1.29, 1.82) is 0 Å². The lowest BCUT2D eigenvalue weighted by molar-refractivity contribution is 0.565. The largest absolute Gasteiger partial charge is 0.240 e. The molecule has 0 saturated heterocycles. The molecule has 0 spiro atoms. The molecule has 4 nitrogen and oxygen atoms in total. The summed E-state index contributed by atoms with van der Waals surface area (Å²) < 4.78 is 0. The van der Waals surface area contributed by atoms with E-state index < -0.39 is 0 Å². The zero-order chi connectivity index (χ0) is 16.3. The van der Waals surface area contributed by atoms with Crippen LogP contribution in [-0.4, -0.2) is 12.2 Å². The Hall–Kier alpha value is -1.64. The third-order valence-corrected chi connectivity index (χ3v) is 3.91. The van der Waals surface area contributed by atoms with Crippen molar-refractivity contribution in [3.63, 3.8) is 0 Å². The molecule has 0 aliphatic rings. The summed E-state index contributed by atoms with van der Waals surface area (Å²) in [4.78, 5) is 28.1. The van der Waals surface area contributed by atoms with Crippen molar-refractivity contribution in [3.8, 4) is 11.1 Å². The molecule has 0 radical (unpaired) electrons. The Morgan fingerprint density at radius 1 is 0.864 bits per heavy atom. The number of hydrogen-bond acceptors (Lipinski definition) is 4. The molecule has 8 heteroatoms. The standard InChI is InChI=1S/C14H4Cl4N2O2/c15-7-1-2-8(9(16)3-7)12-10(17)4-11(19-5-21)13(18)14(12)20-6-22/h1-4H. The number of hydrogen-bond donors (Lipinski definition) is 0. The molecule has 0 saturated carbocycles. The van der Waals surface area contributed by atoms with Crippen LogP contribution in [0.3, 0.4) is 0 Å². The van der Waals surface area contributed by atoms with E-state index in [0.717, 1.165) is 0 Å². The summed E-state index contributed by atoms with van der Waals surface area (Å²) in [7, 11) is 0. The summed E-state index contributed by atoms with van der Waals surface area (Å²) in [5, 5.41) is 0.826. The number of nitrogens with zero attached hydrogens (tertiary/aromatic N) is 2. The first kappa shape index (κ1) is 16.7. The molecule has 0 unspecified atom stereocenters. The van der Waals surface area contributed by atoms with Crippen molar-refractivity contribution >= 4 is 69.9 Å². The van der Waals surface area contributed by atoms with Gasteiger partial charge in [-0.25, -0.2) is 9.59 Å². The maximum atomic E-state index is 10.7. The fourth-order valence-corrected chi connectivity index (χ4v) is 2.86. The van der Waals surface area contributed by atoms with Gasteiger partial charge in [0.05, 0.1) is 20.8 Å². The SMILES string of the molecule is O=C=Nc1cc(Cl)c(-c2ccc(Cl)cc2Cl)c(N=C=O)c1Cl. The van der Waals surface area contributed by atoms with Crippen molar-refractivity contribution < 1.29 is 9.59 Å². The lowest BCUT2D eigenvalue weighted by Gasteiger charge is -2.12. The molecule has 0 amide bonds. The van der Waals surface area contributed by atoms with Gasteiger partial charge in [-0.05, 0) is 18.2 Å². The second-order valence-electron chi connectivity index (χ2n) is 3.95. The minimum atomic E-state index is -0.0443. The average molecular weight is 374 g/mol. The molecule has 0 N–H and O–H groups in total. The van der Waals surface area contributed by atoms with Gasteiger partial charge >= 0.3 is 0 Å². The number of halogens is 4. The Balaban J connectivity index is 2.88. The van der Waals surface area contributed by atoms with Crippen LogP contribution < -0.4 is 0 Å². The molecule has 2 aromatic carbocycles. The van der Waals surface area contributed by atoms with Gasteiger partial charge in [-0.3, -0.25) is 0 Å². The summed E-state index contributed by atoms with van der Waals surface area (Å²) in [6, 6.07) is 6.06. The number of isocyanates is 2. The summed E-state index contributed by atoms with van der Waals surface area (Å²) in [6.07, 6.45) is 2.73. The predicted molar refractivity (Wildman–Crippen MR) is 87.5 cm³/mol. The van der Waals surface area contributed by atoms with E-state index in [1.54, 1.807) is 12.1 Å². The van der Waals surface area contributed by atoms with E-state index in [1.807, 2.05) is 0 Å². The molecule has 0 aliphatic carbocycles. The van der Waals surface area contributed by atoms with Crippen LogP contribution in [0.15, 0.2) is 34.3 Å². The molecule has 22 heavy (non-hydrogen) atoms. The molecule has 0 aliphatic heterocycles. The number of aliphatic imine (C=N–C) groups is 2. The van der Waals surface area contributed by atoms with Gasteiger partial charge in [-0.2, -0.15) is 9.98 Å². The van der Waals surface area contributed by atoms with Crippen molar-refractivity contribution in [3.05, 3.63) is 44.4 Å². The Morgan fingerprint density at radius 3 is 2.14 bits per heavy atom. The van der Waals surface area contributed by atoms with Crippen LogP contribution in [0.5, 0.6) is 0 Å². The van der Waals surface area contributed by atoms with E-state index in [4.69, 9.17) is 46.4 Å². The maximum Gasteiger partial charge on any atom is 0.240 e. The van der Waals surface area contributed by atoms with Crippen molar-refractivity contribution in [2.75, 3.05) is 0 Å². The van der Waals surface area contributed by atoms with Crippen molar-refractivity contribution in [2.45, 2.75) is 0 Å². The van der Waals surface area contributed by atoms with Crippen LogP contribution in [0.4, 0.5) is 11.4 Å². The highest BCUT2D eigenvalue weighted by Crippen LogP contribution is 2.48. The summed E-state index contributed by atoms with van der Waals surface area (Å²) in [6.45, 7) is 0. The van der Waals surface area contributed by atoms with Gasteiger partial charge < -0.3 is 0 Å². The van der Waals surface area contributed by atoms with Gasteiger partial charge in [0.15, 0.2) is 0 Å². The first-order chi connectivity index (χ1) is 10.5. The van der Waals surface area contributed by atoms with Gasteiger partial charge in [0.1, 0.15) is 5.69 Å². The van der Waals surface area contributed by atoms with Crippen molar-refractivity contribution in [1.82, 2.24) is 0 Å². The Kier molecular flexibility index (Phi) is 5.38. The summed E-state index contributed by atoms with van der Waals surface area (Å²) >= 11 is 24.3. The van der Waals surface area contributed by atoms with Gasteiger partial charge in [0, 0.05) is 16.1 Å². The number of benzene rings is 2. The first-order valence-corrected chi connectivity index (χ1v) is 7.14. The molecule has 2 aromatic rings. The van der Waals surface area contributed by atoms with Crippen LogP contribution >= 0.6 is 46.4 Å². The smallest absolute Gasteiger partial charge is 0.211 e.